The fraction of sp³-hybridized carbons (Fsp3) is 0.462. The van der Waals surface area contributed by atoms with Crippen LogP contribution in [0, 0.1) is 11.3 Å². The highest BCUT2D eigenvalue weighted by Crippen LogP contribution is 2.42. The quantitative estimate of drug-likeness (QED) is 0.543. The third-order valence-electron chi connectivity index (χ3n) is 6.23. The van der Waals surface area contributed by atoms with Gasteiger partial charge >= 0.3 is 0 Å². The average molecular weight is 475 g/mol. The van der Waals surface area contributed by atoms with E-state index in [1.54, 1.807) is 24.3 Å². The normalized spacial score (nSPS) is 19.0. The number of nitrogens with zero attached hydrogens (tertiary/aromatic N) is 1. The number of carbonyl (C=O) groups is 2. The first-order valence-corrected chi connectivity index (χ1v) is 11.9. The third kappa shape index (κ3) is 6.05. The molecule has 0 bridgehead atoms. The molecule has 0 radical (unpaired) electrons. The number of rotatable bonds is 6. The van der Waals surface area contributed by atoms with Crippen molar-refractivity contribution in [2.45, 2.75) is 52.5 Å². The summed E-state index contributed by atoms with van der Waals surface area (Å²) in [6.45, 7) is 9.84. The van der Waals surface area contributed by atoms with E-state index >= 15 is 0 Å². The summed E-state index contributed by atoms with van der Waals surface area (Å²) in [5, 5.41) is 4.27. The van der Waals surface area contributed by atoms with Crippen molar-refractivity contribution >= 4 is 35.0 Å². The maximum absolute atomic E-state index is 13.5. The molecule has 1 aliphatic rings. The SMILES string of the molecule is CC(C)C[C@@H](NC(=O)c1ccc(Cl)cc1)C(=O)N1CCC(c2ccc(Cl)cc2)C(C)(C)C1. The number of nitrogens with one attached hydrogen (secondary N) is 1. The Kier molecular flexibility index (Phi) is 7.89. The van der Waals surface area contributed by atoms with Crippen LogP contribution >= 0.6 is 23.2 Å². The Balaban J connectivity index is 1.73. The van der Waals surface area contributed by atoms with Crippen LogP contribution in [0.2, 0.25) is 10.0 Å². The van der Waals surface area contributed by atoms with E-state index in [0.717, 1.165) is 11.4 Å². The number of hydrogen-bond acceptors (Lipinski definition) is 2. The van der Waals surface area contributed by atoms with Gasteiger partial charge in [-0.1, -0.05) is 63.0 Å². The summed E-state index contributed by atoms with van der Waals surface area (Å²) >= 11 is 12.0. The predicted molar refractivity (Wildman–Crippen MR) is 131 cm³/mol. The Labute approximate surface area is 201 Å². The molecule has 6 heteroatoms. The van der Waals surface area contributed by atoms with E-state index in [4.69, 9.17) is 23.2 Å². The van der Waals surface area contributed by atoms with Crippen LogP contribution in [0.15, 0.2) is 48.5 Å². The number of amides is 2. The van der Waals surface area contributed by atoms with Gasteiger partial charge in [0.05, 0.1) is 0 Å². The molecule has 1 N–H and O–H groups in total. The van der Waals surface area contributed by atoms with Crippen LogP contribution in [-0.2, 0) is 4.79 Å². The summed E-state index contributed by atoms with van der Waals surface area (Å²) in [6, 6.07) is 14.2. The lowest BCUT2D eigenvalue weighted by atomic mass is 9.70. The number of benzene rings is 2. The minimum Gasteiger partial charge on any atom is -0.340 e. The molecule has 0 spiro atoms. The molecule has 2 amide bonds. The Morgan fingerprint density at radius 1 is 1.03 bits per heavy atom. The molecule has 0 aliphatic carbocycles. The lowest BCUT2D eigenvalue weighted by Gasteiger charge is -2.45. The maximum atomic E-state index is 13.5. The molecule has 172 valence electrons. The third-order valence-corrected chi connectivity index (χ3v) is 6.73. The largest absolute Gasteiger partial charge is 0.340 e. The summed E-state index contributed by atoms with van der Waals surface area (Å²) in [5.74, 6) is 0.352. The van der Waals surface area contributed by atoms with E-state index in [1.807, 2.05) is 17.0 Å². The Morgan fingerprint density at radius 3 is 2.12 bits per heavy atom. The van der Waals surface area contributed by atoms with Crippen LogP contribution in [-0.4, -0.2) is 35.8 Å². The molecule has 2 aromatic rings. The van der Waals surface area contributed by atoms with E-state index in [2.05, 4.69) is 45.1 Å². The molecular weight excluding hydrogens is 443 g/mol. The summed E-state index contributed by atoms with van der Waals surface area (Å²) in [6.07, 6.45) is 1.47. The van der Waals surface area contributed by atoms with Crippen molar-refractivity contribution in [1.82, 2.24) is 10.2 Å². The molecule has 1 saturated heterocycles. The average Bonchev–Trinajstić information content (AvgIpc) is 2.73. The molecule has 3 rings (SSSR count). The van der Waals surface area contributed by atoms with Crippen molar-refractivity contribution in [3.05, 3.63) is 69.7 Å². The standard InChI is InChI=1S/C26H32Cl2N2O2/c1-17(2)15-23(29-24(31)19-7-11-21(28)12-8-19)25(32)30-14-13-22(26(3,4)16-30)18-5-9-20(27)10-6-18/h5-12,17,22-23H,13-16H2,1-4H3,(H,29,31)/t22?,23-/m1/s1. The maximum Gasteiger partial charge on any atom is 0.251 e. The van der Waals surface area contributed by atoms with Crippen LogP contribution in [0.1, 0.15) is 62.4 Å². The number of hydrogen-bond donors (Lipinski definition) is 1. The molecule has 1 fully saturated rings. The van der Waals surface area contributed by atoms with Crippen molar-refractivity contribution in [1.29, 1.82) is 0 Å². The molecule has 1 aliphatic heterocycles. The minimum absolute atomic E-state index is 0.0105. The van der Waals surface area contributed by atoms with Crippen molar-refractivity contribution in [2.24, 2.45) is 11.3 Å². The van der Waals surface area contributed by atoms with Gasteiger partial charge < -0.3 is 10.2 Å². The predicted octanol–water partition coefficient (Wildman–Crippen LogP) is 6.18. The van der Waals surface area contributed by atoms with Gasteiger partial charge in [-0.05, 0) is 72.1 Å². The first-order valence-electron chi connectivity index (χ1n) is 11.2. The zero-order chi connectivity index (χ0) is 23.5. The fourth-order valence-corrected chi connectivity index (χ4v) is 4.87. The molecule has 1 unspecified atom stereocenters. The van der Waals surface area contributed by atoms with Gasteiger partial charge in [0.2, 0.25) is 5.91 Å². The second-order valence-corrected chi connectivity index (χ2v) is 10.7. The van der Waals surface area contributed by atoms with E-state index in [-0.39, 0.29) is 23.1 Å². The Morgan fingerprint density at radius 2 is 1.59 bits per heavy atom. The molecule has 2 atom stereocenters. The zero-order valence-corrected chi connectivity index (χ0v) is 20.7. The van der Waals surface area contributed by atoms with Gasteiger partial charge in [-0.3, -0.25) is 9.59 Å². The van der Waals surface area contributed by atoms with Crippen LogP contribution in [0.25, 0.3) is 0 Å². The number of carbonyl (C=O) groups excluding carboxylic acids is 2. The van der Waals surface area contributed by atoms with Crippen LogP contribution in [0.4, 0.5) is 0 Å². The number of likely N-dealkylation sites (tertiary alicyclic amines) is 1. The highest BCUT2D eigenvalue weighted by Gasteiger charge is 2.40. The van der Waals surface area contributed by atoms with E-state index in [1.165, 1.54) is 5.56 Å². The Bertz CT molecular complexity index is 939. The summed E-state index contributed by atoms with van der Waals surface area (Å²) in [7, 11) is 0. The molecule has 0 saturated carbocycles. The van der Waals surface area contributed by atoms with Crippen molar-refractivity contribution < 1.29 is 9.59 Å². The topological polar surface area (TPSA) is 49.4 Å². The van der Waals surface area contributed by atoms with Gasteiger partial charge in [-0.15, -0.1) is 0 Å². The van der Waals surface area contributed by atoms with Crippen LogP contribution < -0.4 is 5.32 Å². The van der Waals surface area contributed by atoms with Gasteiger partial charge in [0.25, 0.3) is 5.91 Å². The van der Waals surface area contributed by atoms with Gasteiger partial charge in [-0.25, -0.2) is 0 Å². The molecular formula is C26H32Cl2N2O2. The lowest BCUT2D eigenvalue weighted by molar-refractivity contribution is -0.137. The van der Waals surface area contributed by atoms with E-state index < -0.39 is 6.04 Å². The number of halogens is 2. The molecule has 1 heterocycles. The second kappa shape index (κ2) is 10.3. The van der Waals surface area contributed by atoms with Gasteiger partial charge in [0, 0.05) is 28.7 Å². The summed E-state index contributed by atoms with van der Waals surface area (Å²) in [5.41, 5.74) is 1.66. The molecule has 0 aromatic heterocycles. The summed E-state index contributed by atoms with van der Waals surface area (Å²) in [4.78, 5) is 28.2. The second-order valence-electron chi connectivity index (χ2n) is 9.80. The molecule has 4 nitrogen and oxygen atoms in total. The van der Waals surface area contributed by atoms with Crippen molar-refractivity contribution in [2.75, 3.05) is 13.1 Å². The molecule has 32 heavy (non-hydrogen) atoms. The highest BCUT2D eigenvalue weighted by atomic mass is 35.5. The van der Waals surface area contributed by atoms with Crippen molar-refractivity contribution in [3.8, 4) is 0 Å². The van der Waals surface area contributed by atoms with Crippen molar-refractivity contribution in [3.63, 3.8) is 0 Å². The van der Waals surface area contributed by atoms with E-state index in [9.17, 15) is 9.59 Å². The monoisotopic (exact) mass is 474 g/mol. The number of piperidine rings is 1. The van der Waals surface area contributed by atoms with Gasteiger partial charge in [0.1, 0.15) is 6.04 Å². The van der Waals surface area contributed by atoms with Gasteiger partial charge in [0.15, 0.2) is 0 Å². The smallest absolute Gasteiger partial charge is 0.251 e. The first-order chi connectivity index (χ1) is 15.1. The molecule has 2 aromatic carbocycles. The lowest BCUT2D eigenvalue weighted by Crippen LogP contribution is -2.54. The first kappa shape index (κ1) is 24.6. The van der Waals surface area contributed by atoms with Gasteiger partial charge in [-0.2, -0.15) is 0 Å². The Hall–Kier alpha value is -2.04. The zero-order valence-electron chi connectivity index (χ0n) is 19.2. The van der Waals surface area contributed by atoms with Crippen LogP contribution in [0.3, 0.4) is 0 Å². The highest BCUT2D eigenvalue weighted by molar-refractivity contribution is 6.30. The summed E-state index contributed by atoms with van der Waals surface area (Å²) < 4.78 is 0. The fourth-order valence-electron chi connectivity index (χ4n) is 4.61. The minimum atomic E-state index is -0.555. The van der Waals surface area contributed by atoms with Crippen LogP contribution in [0.5, 0.6) is 0 Å². The van der Waals surface area contributed by atoms with E-state index in [0.29, 0.717) is 36.0 Å².